The highest BCUT2D eigenvalue weighted by atomic mass is 16.8. The van der Waals surface area contributed by atoms with E-state index in [-0.39, 0.29) is 18.9 Å². The largest absolute Gasteiger partial charge is 0.394 e. The maximum atomic E-state index is 13.4. The lowest BCUT2D eigenvalue weighted by molar-refractivity contribution is -0.379. The van der Waals surface area contributed by atoms with Gasteiger partial charge in [-0.25, -0.2) is 0 Å². The number of aliphatic hydroxyl groups excluding tert-OH is 11. The third-order valence-electron chi connectivity index (χ3n) is 17.5. The maximum absolute atomic E-state index is 13.4. The molecular formula is C67H125NO18. The Kier molecular flexibility index (Phi) is 45.6. The SMILES string of the molecule is CCCCCCCCCCCCCCC/C=C/CC/C=C/C(O)C(COC1OC(CO)C(OC2OC(CO)C(OC3OC(CO)C(O)C(O)C3O)C(O)C2O)C(O)C1O)NC(=O)CCCCCCCCCCCCCCCCCCCCCCCC. The Morgan fingerprint density at radius 1 is 0.407 bits per heavy atom. The standard InChI is InChI=1S/C67H125NO18/c1-3-5-7-9-11-13-15-17-19-21-23-24-25-27-29-31-33-35-37-39-41-43-45-55(73)68-50(51(72)44-42-40-38-36-34-32-30-28-26-22-20-18-16-14-12-10-8-6-4-2)49-81-65-61(79)58(76)63(53(47-70)83-65)86-67-62(80)59(77)64(54(48-71)84-67)85-66-60(78)57(75)56(74)52(46-69)82-66/h34,36,42,44,50-54,56-67,69-72,74-80H,3-33,35,37-41,43,45-49H2,1-2H3,(H,68,73)/b36-34+,44-42+. The molecule has 0 spiro atoms. The van der Waals surface area contributed by atoms with E-state index in [4.69, 9.17) is 28.4 Å². The normalized spacial score (nSPS) is 28.9. The second-order valence-electron chi connectivity index (χ2n) is 25.0. The Hall–Kier alpha value is -1.73. The lowest BCUT2D eigenvalue weighted by Crippen LogP contribution is -2.66. The number of ether oxygens (including phenoxy) is 6. The first-order valence-electron chi connectivity index (χ1n) is 34.6. The van der Waals surface area contributed by atoms with Gasteiger partial charge in [-0.15, -0.1) is 0 Å². The number of unbranched alkanes of at least 4 members (excludes halogenated alkanes) is 35. The van der Waals surface area contributed by atoms with Gasteiger partial charge in [0.2, 0.25) is 5.91 Å². The first-order valence-corrected chi connectivity index (χ1v) is 34.6. The minimum absolute atomic E-state index is 0.241. The zero-order valence-corrected chi connectivity index (χ0v) is 53.3. The fourth-order valence-corrected chi connectivity index (χ4v) is 11.9. The molecule has 0 aliphatic carbocycles. The molecule has 0 bridgehead atoms. The van der Waals surface area contributed by atoms with E-state index in [1.807, 2.05) is 6.08 Å². The summed E-state index contributed by atoms with van der Waals surface area (Å²) in [7, 11) is 0. The van der Waals surface area contributed by atoms with Crippen molar-refractivity contribution in [3.05, 3.63) is 24.3 Å². The Bertz CT molecular complexity index is 1660. The van der Waals surface area contributed by atoms with Gasteiger partial charge in [-0.3, -0.25) is 4.79 Å². The highest BCUT2D eigenvalue weighted by molar-refractivity contribution is 5.76. The minimum Gasteiger partial charge on any atom is -0.394 e. The molecule has 19 heteroatoms. The topological polar surface area (TPSA) is 307 Å². The molecule has 17 atom stereocenters. The van der Waals surface area contributed by atoms with Crippen LogP contribution in [0.25, 0.3) is 0 Å². The number of amides is 1. The molecule has 3 saturated heterocycles. The predicted octanol–water partition coefficient (Wildman–Crippen LogP) is 8.66. The minimum atomic E-state index is -1.98. The Balaban J connectivity index is 1.46. The summed E-state index contributed by atoms with van der Waals surface area (Å²) in [5.41, 5.74) is 0. The number of hydrogen-bond acceptors (Lipinski definition) is 18. The fraction of sp³-hybridized carbons (Fsp3) is 0.925. The monoisotopic (exact) mass is 1230 g/mol. The van der Waals surface area contributed by atoms with Crippen LogP contribution in [0.5, 0.6) is 0 Å². The third kappa shape index (κ3) is 32.0. The highest BCUT2D eigenvalue weighted by Crippen LogP contribution is 2.33. The van der Waals surface area contributed by atoms with E-state index in [9.17, 15) is 61.0 Å². The van der Waals surface area contributed by atoms with Crippen LogP contribution in [0.15, 0.2) is 24.3 Å². The zero-order valence-electron chi connectivity index (χ0n) is 53.3. The van der Waals surface area contributed by atoms with Crippen molar-refractivity contribution in [2.75, 3.05) is 26.4 Å². The van der Waals surface area contributed by atoms with Gasteiger partial charge in [-0.05, 0) is 32.1 Å². The predicted molar refractivity (Wildman–Crippen MR) is 333 cm³/mol. The first-order chi connectivity index (χ1) is 41.8. The molecule has 12 N–H and O–H groups in total. The Labute approximate surface area is 518 Å². The van der Waals surface area contributed by atoms with Crippen molar-refractivity contribution in [2.45, 2.75) is 369 Å². The van der Waals surface area contributed by atoms with Crippen LogP contribution in [0.3, 0.4) is 0 Å². The number of nitrogens with one attached hydrogen (secondary N) is 1. The average molecular weight is 1230 g/mol. The molecule has 3 aliphatic heterocycles. The van der Waals surface area contributed by atoms with Crippen molar-refractivity contribution in [1.29, 1.82) is 0 Å². The first kappa shape index (κ1) is 78.5. The van der Waals surface area contributed by atoms with Crippen molar-refractivity contribution in [3.8, 4) is 0 Å². The van der Waals surface area contributed by atoms with Crippen LogP contribution in [0.2, 0.25) is 0 Å². The smallest absolute Gasteiger partial charge is 0.220 e. The lowest BCUT2D eigenvalue weighted by Gasteiger charge is -2.48. The van der Waals surface area contributed by atoms with E-state index in [1.165, 1.54) is 193 Å². The van der Waals surface area contributed by atoms with E-state index in [2.05, 4.69) is 31.3 Å². The summed E-state index contributed by atoms with van der Waals surface area (Å²) in [5.74, 6) is -0.280. The molecule has 3 rings (SSSR count). The molecule has 3 aliphatic rings. The summed E-state index contributed by atoms with van der Waals surface area (Å²) < 4.78 is 34.3. The van der Waals surface area contributed by atoms with Gasteiger partial charge >= 0.3 is 0 Å². The van der Waals surface area contributed by atoms with Gasteiger partial charge in [0.1, 0.15) is 73.2 Å². The van der Waals surface area contributed by atoms with Gasteiger partial charge in [0.05, 0.1) is 38.6 Å². The Morgan fingerprint density at radius 2 is 0.744 bits per heavy atom. The molecule has 86 heavy (non-hydrogen) atoms. The van der Waals surface area contributed by atoms with Crippen LogP contribution in [0, 0.1) is 0 Å². The molecule has 0 aromatic carbocycles. The molecule has 3 fully saturated rings. The number of allylic oxidation sites excluding steroid dienone is 3. The van der Waals surface area contributed by atoms with Crippen molar-refractivity contribution < 1.29 is 89.4 Å². The van der Waals surface area contributed by atoms with Gasteiger partial charge in [-0.1, -0.05) is 250 Å². The quantitative estimate of drug-likeness (QED) is 0.0200. The van der Waals surface area contributed by atoms with E-state index >= 15 is 0 Å². The van der Waals surface area contributed by atoms with Gasteiger partial charge < -0.3 is 89.9 Å². The van der Waals surface area contributed by atoms with E-state index in [0.29, 0.717) is 12.8 Å². The van der Waals surface area contributed by atoms with E-state index in [1.54, 1.807) is 6.08 Å². The van der Waals surface area contributed by atoms with Crippen LogP contribution in [0.1, 0.15) is 264 Å². The zero-order chi connectivity index (χ0) is 62.6. The fourth-order valence-electron chi connectivity index (χ4n) is 11.9. The molecule has 19 nitrogen and oxygen atoms in total. The Morgan fingerprint density at radius 3 is 1.16 bits per heavy atom. The van der Waals surface area contributed by atoms with E-state index < -0.39 is 124 Å². The molecule has 0 aromatic heterocycles. The summed E-state index contributed by atoms with van der Waals surface area (Å²) in [6, 6.07) is -0.986. The third-order valence-corrected chi connectivity index (χ3v) is 17.5. The lowest BCUT2D eigenvalue weighted by atomic mass is 9.96. The number of rotatable bonds is 53. The molecular weight excluding hydrogens is 1110 g/mol. The second kappa shape index (κ2) is 49.9. The number of aliphatic hydroxyl groups is 11. The average Bonchev–Trinajstić information content (AvgIpc) is 2.64. The number of carbonyl (C=O) groups excluding carboxylic acids is 1. The second-order valence-corrected chi connectivity index (χ2v) is 25.0. The van der Waals surface area contributed by atoms with Crippen LogP contribution < -0.4 is 5.32 Å². The highest BCUT2D eigenvalue weighted by Gasteiger charge is 2.53. The van der Waals surface area contributed by atoms with Gasteiger partial charge in [0.25, 0.3) is 0 Å². The number of hydrogen-bond donors (Lipinski definition) is 12. The van der Waals surface area contributed by atoms with Crippen LogP contribution in [-0.2, 0) is 33.2 Å². The van der Waals surface area contributed by atoms with Gasteiger partial charge in [0, 0.05) is 6.42 Å². The van der Waals surface area contributed by atoms with Gasteiger partial charge in [0.15, 0.2) is 18.9 Å². The van der Waals surface area contributed by atoms with Crippen LogP contribution >= 0.6 is 0 Å². The van der Waals surface area contributed by atoms with Crippen LogP contribution in [-0.4, -0.2) is 193 Å². The summed E-state index contributed by atoms with van der Waals surface area (Å²) in [4.78, 5) is 13.4. The number of carbonyl (C=O) groups is 1. The van der Waals surface area contributed by atoms with Crippen molar-refractivity contribution in [2.24, 2.45) is 0 Å². The molecule has 506 valence electrons. The summed E-state index contributed by atoms with van der Waals surface area (Å²) in [6.07, 6.45) is 28.7. The van der Waals surface area contributed by atoms with Gasteiger partial charge in [-0.2, -0.15) is 0 Å². The molecule has 0 radical (unpaired) electrons. The maximum Gasteiger partial charge on any atom is 0.220 e. The van der Waals surface area contributed by atoms with Crippen molar-refractivity contribution in [3.63, 3.8) is 0 Å². The molecule has 3 heterocycles. The molecule has 0 saturated carbocycles. The summed E-state index contributed by atoms with van der Waals surface area (Å²) in [6.45, 7) is 1.75. The van der Waals surface area contributed by atoms with E-state index in [0.717, 1.165) is 38.5 Å². The van der Waals surface area contributed by atoms with Crippen molar-refractivity contribution >= 4 is 5.91 Å². The van der Waals surface area contributed by atoms with Crippen molar-refractivity contribution in [1.82, 2.24) is 5.32 Å². The summed E-state index contributed by atoms with van der Waals surface area (Å²) in [5, 5.41) is 120. The summed E-state index contributed by atoms with van der Waals surface area (Å²) >= 11 is 0. The molecule has 0 aromatic rings. The molecule has 17 unspecified atom stereocenters. The molecule has 1 amide bonds. The van der Waals surface area contributed by atoms with Crippen LogP contribution in [0.4, 0.5) is 0 Å².